The summed E-state index contributed by atoms with van der Waals surface area (Å²) in [5.74, 6) is -1.92. The van der Waals surface area contributed by atoms with Crippen molar-refractivity contribution in [3.8, 4) is 28.4 Å². The molecule has 0 spiro atoms. The second-order valence-corrected chi connectivity index (χ2v) is 7.58. The summed E-state index contributed by atoms with van der Waals surface area (Å²) in [6.45, 7) is 1.05. The van der Waals surface area contributed by atoms with Gasteiger partial charge in [0.1, 0.15) is 18.6 Å². The Morgan fingerprint density at radius 1 is 1.18 bits per heavy atom. The number of halogens is 5. The van der Waals surface area contributed by atoms with Gasteiger partial charge in [0.2, 0.25) is 0 Å². The van der Waals surface area contributed by atoms with Gasteiger partial charge in [-0.25, -0.2) is 13.8 Å². The fraction of sp³-hybridized carbons (Fsp3) is 0.364. The summed E-state index contributed by atoms with van der Waals surface area (Å²) in [4.78, 5) is 8.89. The van der Waals surface area contributed by atoms with Gasteiger partial charge in [0.25, 0.3) is 0 Å². The number of hydrogen-bond acceptors (Lipinski definition) is 5. The molecule has 1 aliphatic heterocycles. The molecule has 1 aliphatic rings. The predicted molar refractivity (Wildman–Crippen MR) is 108 cm³/mol. The van der Waals surface area contributed by atoms with Gasteiger partial charge in [-0.05, 0) is 37.3 Å². The molecule has 0 unspecified atom stereocenters. The standard InChI is InChI=1S/C22H20F5N3O3/c1-12-6-14(7-15(11-31)28-12)20-18-4-5-32-16(9-23)10-30(18)21(29-20)13-2-3-19(17(24)8-13)33-22(25,26)27/h2-3,6-8,16,31H,4-5,9-11H2,1H3/t16-/m1/s1. The van der Waals surface area contributed by atoms with Crippen LogP contribution in [0.2, 0.25) is 0 Å². The molecule has 4 rings (SSSR count). The fourth-order valence-corrected chi connectivity index (χ4v) is 3.86. The first-order valence-electron chi connectivity index (χ1n) is 10.1. The van der Waals surface area contributed by atoms with E-state index in [9.17, 15) is 27.1 Å². The molecule has 3 aromatic rings. The van der Waals surface area contributed by atoms with E-state index in [-0.39, 0.29) is 31.1 Å². The second kappa shape index (κ2) is 9.06. The lowest BCUT2D eigenvalue weighted by molar-refractivity contribution is -0.275. The van der Waals surface area contributed by atoms with Gasteiger partial charge in [-0.2, -0.15) is 0 Å². The molecule has 0 aliphatic carbocycles. The molecule has 0 saturated carbocycles. The lowest BCUT2D eigenvalue weighted by Crippen LogP contribution is -2.21. The molecule has 0 bridgehead atoms. The van der Waals surface area contributed by atoms with E-state index in [2.05, 4.69) is 14.7 Å². The van der Waals surface area contributed by atoms with Crippen LogP contribution in [0.5, 0.6) is 5.75 Å². The number of benzene rings is 1. The highest BCUT2D eigenvalue weighted by Gasteiger charge is 2.33. The first kappa shape index (κ1) is 23.1. The number of alkyl halides is 4. The van der Waals surface area contributed by atoms with Crippen LogP contribution in [0, 0.1) is 12.7 Å². The van der Waals surface area contributed by atoms with Gasteiger partial charge >= 0.3 is 6.36 Å². The number of aromatic nitrogens is 3. The number of nitrogens with zero attached hydrogens (tertiary/aromatic N) is 3. The topological polar surface area (TPSA) is 69.4 Å². The normalized spacial score (nSPS) is 16.4. The van der Waals surface area contributed by atoms with E-state index in [0.29, 0.717) is 34.8 Å². The van der Waals surface area contributed by atoms with Crippen molar-refractivity contribution in [3.05, 3.63) is 53.2 Å². The van der Waals surface area contributed by atoms with E-state index < -0.39 is 30.7 Å². The van der Waals surface area contributed by atoms with E-state index in [1.54, 1.807) is 23.6 Å². The molecule has 1 N–H and O–H groups in total. The Hall–Kier alpha value is -3.05. The van der Waals surface area contributed by atoms with Crippen LogP contribution in [0.1, 0.15) is 17.1 Å². The van der Waals surface area contributed by atoms with Crippen molar-refractivity contribution < 1.29 is 36.5 Å². The monoisotopic (exact) mass is 469 g/mol. The molecule has 1 aromatic carbocycles. The van der Waals surface area contributed by atoms with E-state index in [1.807, 2.05) is 0 Å². The molecule has 0 saturated heterocycles. The third-order valence-corrected chi connectivity index (χ3v) is 5.18. The minimum atomic E-state index is -5.03. The lowest BCUT2D eigenvalue weighted by atomic mass is 10.1. The zero-order valence-corrected chi connectivity index (χ0v) is 17.5. The summed E-state index contributed by atoms with van der Waals surface area (Å²) in [6, 6.07) is 6.47. The third-order valence-electron chi connectivity index (χ3n) is 5.18. The highest BCUT2D eigenvalue weighted by atomic mass is 19.4. The van der Waals surface area contributed by atoms with E-state index >= 15 is 0 Å². The van der Waals surface area contributed by atoms with Crippen molar-refractivity contribution in [1.29, 1.82) is 0 Å². The molecule has 3 heterocycles. The van der Waals surface area contributed by atoms with Crippen LogP contribution in [-0.4, -0.2) is 45.4 Å². The molecule has 33 heavy (non-hydrogen) atoms. The third kappa shape index (κ3) is 4.98. The van der Waals surface area contributed by atoms with Crippen LogP contribution in [0.15, 0.2) is 30.3 Å². The van der Waals surface area contributed by atoms with Crippen molar-refractivity contribution in [3.63, 3.8) is 0 Å². The number of ether oxygens (including phenoxy) is 2. The summed E-state index contributed by atoms with van der Waals surface area (Å²) >= 11 is 0. The van der Waals surface area contributed by atoms with Crippen molar-refractivity contribution in [2.24, 2.45) is 0 Å². The van der Waals surface area contributed by atoms with E-state index in [1.165, 1.54) is 6.07 Å². The number of rotatable bonds is 5. The number of aliphatic hydroxyl groups is 1. The summed E-state index contributed by atoms with van der Waals surface area (Å²) in [6.07, 6.45) is -5.40. The van der Waals surface area contributed by atoms with Gasteiger partial charge < -0.3 is 19.1 Å². The Morgan fingerprint density at radius 2 is 1.97 bits per heavy atom. The van der Waals surface area contributed by atoms with Crippen LogP contribution in [-0.2, 0) is 24.3 Å². The van der Waals surface area contributed by atoms with Gasteiger partial charge in [-0.1, -0.05) is 0 Å². The summed E-state index contributed by atoms with van der Waals surface area (Å²) in [7, 11) is 0. The number of imidazole rings is 1. The number of fused-ring (bicyclic) bond motifs is 1. The largest absolute Gasteiger partial charge is 0.573 e. The summed E-state index contributed by atoms with van der Waals surface area (Å²) in [5.41, 5.74) is 3.14. The fourth-order valence-electron chi connectivity index (χ4n) is 3.86. The second-order valence-electron chi connectivity index (χ2n) is 7.58. The highest BCUT2D eigenvalue weighted by molar-refractivity contribution is 5.69. The van der Waals surface area contributed by atoms with Crippen LogP contribution in [0.25, 0.3) is 22.6 Å². The van der Waals surface area contributed by atoms with Gasteiger partial charge in [0.15, 0.2) is 11.6 Å². The Morgan fingerprint density at radius 3 is 2.64 bits per heavy atom. The Bertz CT molecular complexity index is 1160. The van der Waals surface area contributed by atoms with Crippen molar-refractivity contribution >= 4 is 0 Å². The maximum Gasteiger partial charge on any atom is 0.573 e. The van der Waals surface area contributed by atoms with Crippen LogP contribution >= 0.6 is 0 Å². The first-order valence-corrected chi connectivity index (χ1v) is 10.1. The molecule has 2 aromatic heterocycles. The molecule has 176 valence electrons. The molecule has 1 atom stereocenters. The van der Waals surface area contributed by atoms with Crippen molar-refractivity contribution in [2.75, 3.05) is 13.3 Å². The quantitative estimate of drug-likeness (QED) is 0.563. The lowest BCUT2D eigenvalue weighted by Gasteiger charge is -2.15. The number of hydrogen-bond donors (Lipinski definition) is 1. The van der Waals surface area contributed by atoms with Crippen molar-refractivity contribution in [2.45, 2.75) is 39.0 Å². The number of pyridine rings is 1. The predicted octanol–water partition coefficient (Wildman–Crippen LogP) is 4.36. The molecular formula is C22H20F5N3O3. The van der Waals surface area contributed by atoms with Crippen LogP contribution in [0.4, 0.5) is 22.0 Å². The smallest absolute Gasteiger partial charge is 0.403 e. The molecule has 0 radical (unpaired) electrons. The van der Waals surface area contributed by atoms with Crippen molar-refractivity contribution in [1.82, 2.24) is 14.5 Å². The Labute approximate surface area is 185 Å². The van der Waals surface area contributed by atoms with Gasteiger partial charge in [-0.15, -0.1) is 13.2 Å². The molecule has 6 nitrogen and oxygen atoms in total. The number of aryl methyl sites for hydroxylation is 1. The van der Waals surface area contributed by atoms with Gasteiger partial charge in [-0.3, -0.25) is 4.98 Å². The van der Waals surface area contributed by atoms with Crippen LogP contribution in [0.3, 0.4) is 0 Å². The number of aliphatic hydroxyl groups excluding tert-OH is 1. The summed E-state index contributed by atoms with van der Waals surface area (Å²) < 4.78 is 76.3. The highest BCUT2D eigenvalue weighted by Crippen LogP contribution is 2.34. The average Bonchev–Trinajstić information content (AvgIpc) is 2.97. The Kier molecular flexibility index (Phi) is 6.35. The van der Waals surface area contributed by atoms with Gasteiger partial charge in [0.05, 0.1) is 31.1 Å². The zero-order chi connectivity index (χ0) is 23.8. The molecule has 11 heteroatoms. The van der Waals surface area contributed by atoms with E-state index in [4.69, 9.17) is 4.74 Å². The minimum absolute atomic E-state index is 0.0908. The van der Waals surface area contributed by atoms with Crippen LogP contribution < -0.4 is 4.74 Å². The molecular weight excluding hydrogens is 449 g/mol. The average molecular weight is 469 g/mol. The zero-order valence-electron chi connectivity index (χ0n) is 17.5. The maximum atomic E-state index is 14.4. The van der Waals surface area contributed by atoms with Gasteiger partial charge in [0, 0.05) is 28.9 Å². The molecule has 0 fully saturated rings. The SMILES string of the molecule is Cc1cc(-c2nc(-c3ccc(OC(F)(F)F)c(F)c3)n3c2CCO[C@H](CF)C3)cc(CO)n1. The molecule has 0 amide bonds. The first-order chi connectivity index (χ1) is 15.7. The minimum Gasteiger partial charge on any atom is -0.403 e. The maximum absolute atomic E-state index is 14.4. The summed E-state index contributed by atoms with van der Waals surface area (Å²) in [5, 5.41) is 9.52. The van der Waals surface area contributed by atoms with E-state index in [0.717, 1.165) is 12.1 Å². The Balaban J connectivity index is 1.85.